The van der Waals surface area contributed by atoms with Crippen LogP contribution in [0.4, 0.5) is 0 Å². The molecule has 8 N–H and O–H groups in total. The SMILES string of the molecule is O=C(O)[C@](O)(C(=O)C=Cc1ccc(O)c(O)c1)[C@](O)(C(=O)O)C(=O)C=Cc1ccc(O)c(O)c1. The fraction of sp³-hybridized carbons (Fsp3) is 0.0909. The zero-order valence-corrected chi connectivity index (χ0v) is 17.0. The molecule has 0 heterocycles. The van der Waals surface area contributed by atoms with Crippen LogP contribution in [-0.4, -0.2) is 75.6 Å². The van der Waals surface area contributed by atoms with Crippen LogP contribution in [0.3, 0.4) is 0 Å². The average molecular weight is 474 g/mol. The van der Waals surface area contributed by atoms with Crippen molar-refractivity contribution in [2.45, 2.75) is 11.2 Å². The van der Waals surface area contributed by atoms with E-state index < -0.39 is 57.7 Å². The van der Waals surface area contributed by atoms with Crippen LogP contribution < -0.4 is 0 Å². The zero-order chi connectivity index (χ0) is 25.8. The summed E-state index contributed by atoms with van der Waals surface area (Å²) < 4.78 is 0. The van der Waals surface area contributed by atoms with Gasteiger partial charge in [0.1, 0.15) is 0 Å². The van der Waals surface area contributed by atoms with Gasteiger partial charge in [0.25, 0.3) is 11.2 Å². The fourth-order valence-electron chi connectivity index (χ4n) is 2.75. The van der Waals surface area contributed by atoms with Crippen molar-refractivity contribution >= 4 is 35.7 Å². The quantitative estimate of drug-likeness (QED) is 0.136. The summed E-state index contributed by atoms with van der Waals surface area (Å²) in [6, 6.07) is 6.27. The minimum atomic E-state index is -4.19. The Morgan fingerprint density at radius 1 is 0.588 bits per heavy atom. The van der Waals surface area contributed by atoms with Gasteiger partial charge in [-0.1, -0.05) is 24.3 Å². The number of ketones is 2. The minimum Gasteiger partial charge on any atom is -0.504 e. The van der Waals surface area contributed by atoms with Gasteiger partial charge >= 0.3 is 11.9 Å². The van der Waals surface area contributed by atoms with E-state index in [0.29, 0.717) is 12.2 Å². The summed E-state index contributed by atoms with van der Waals surface area (Å²) in [5, 5.41) is 77.4. The molecule has 0 spiro atoms. The van der Waals surface area contributed by atoms with Crippen LogP contribution in [0.15, 0.2) is 48.6 Å². The third-order valence-electron chi connectivity index (χ3n) is 4.71. The lowest BCUT2D eigenvalue weighted by Crippen LogP contribution is -2.71. The van der Waals surface area contributed by atoms with Gasteiger partial charge in [-0.15, -0.1) is 0 Å². The summed E-state index contributed by atoms with van der Waals surface area (Å²) in [5.74, 6) is -11.1. The molecule has 2 atom stereocenters. The molecule has 2 rings (SSSR count). The van der Waals surface area contributed by atoms with Crippen LogP contribution in [-0.2, 0) is 19.2 Å². The van der Waals surface area contributed by atoms with E-state index in [-0.39, 0.29) is 11.1 Å². The van der Waals surface area contributed by atoms with E-state index in [1.165, 1.54) is 12.1 Å². The highest BCUT2D eigenvalue weighted by Crippen LogP contribution is 2.30. The Balaban J connectivity index is 2.49. The average Bonchev–Trinajstić information content (AvgIpc) is 2.78. The number of rotatable bonds is 9. The van der Waals surface area contributed by atoms with Crippen molar-refractivity contribution in [3.05, 3.63) is 59.7 Å². The predicted octanol–water partition coefficient (Wildman–Crippen LogP) is 0.00520. The molecule has 0 saturated heterocycles. The molecule has 12 heteroatoms. The standard InChI is InChI=1S/C22H18O12/c23-13-5-1-11(9-15(13)25)3-7-17(27)21(33,19(29)30)22(34,20(31)32)18(28)8-4-12-2-6-14(24)16(26)10-12/h1-10,23-26,33-34H,(H,29,30)(H,31,32)/t21-,22-/m1/s1. The van der Waals surface area contributed by atoms with Crippen LogP contribution in [0.5, 0.6) is 23.0 Å². The number of carbonyl (C=O) groups excluding carboxylic acids is 2. The number of hydrogen-bond donors (Lipinski definition) is 8. The minimum absolute atomic E-state index is 0.00798. The van der Waals surface area contributed by atoms with E-state index in [1.54, 1.807) is 0 Å². The number of carbonyl (C=O) groups is 4. The van der Waals surface area contributed by atoms with Crippen molar-refractivity contribution in [2.24, 2.45) is 0 Å². The molecular formula is C22H18O12. The lowest BCUT2D eigenvalue weighted by atomic mass is 9.76. The number of phenolic OH excluding ortho intramolecular Hbond substituents is 4. The van der Waals surface area contributed by atoms with Crippen molar-refractivity contribution in [1.82, 2.24) is 0 Å². The van der Waals surface area contributed by atoms with Crippen molar-refractivity contribution in [2.75, 3.05) is 0 Å². The van der Waals surface area contributed by atoms with Gasteiger partial charge in [0.15, 0.2) is 23.0 Å². The first-order chi connectivity index (χ1) is 15.7. The topological polar surface area (TPSA) is 230 Å². The summed E-state index contributed by atoms with van der Waals surface area (Å²) in [4.78, 5) is 48.6. The molecule has 0 fully saturated rings. The van der Waals surface area contributed by atoms with Gasteiger partial charge in [-0.2, -0.15) is 0 Å². The number of aliphatic carboxylic acids is 2. The number of hydrogen-bond acceptors (Lipinski definition) is 10. The highest BCUT2D eigenvalue weighted by molar-refractivity contribution is 6.27. The molecule has 0 aliphatic carbocycles. The highest BCUT2D eigenvalue weighted by Gasteiger charge is 2.68. The lowest BCUT2D eigenvalue weighted by Gasteiger charge is -2.33. The number of carboxylic acid groups (broad SMARTS) is 2. The first kappa shape index (κ1) is 25.6. The van der Waals surface area contributed by atoms with Crippen LogP contribution >= 0.6 is 0 Å². The molecule has 178 valence electrons. The van der Waals surface area contributed by atoms with E-state index in [0.717, 1.165) is 36.4 Å². The van der Waals surface area contributed by atoms with Gasteiger partial charge in [-0.05, 0) is 47.5 Å². The van der Waals surface area contributed by atoms with Crippen molar-refractivity contribution in [3.63, 3.8) is 0 Å². The molecule has 0 aliphatic rings. The molecule has 12 nitrogen and oxygen atoms in total. The molecule has 0 unspecified atom stereocenters. The monoisotopic (exact) mass is 474 g/mol. The van der Waals surface area contributed by atoms with Gasteiger partial charge < -0.3 is 40.9 Å². The molecule has 2 aromatic rings. The summed E-state index contributed by atoms with van der Waals surface area (Å²) in [7, 11) is 0. The Hall–Kier alpha value is -4.68. The third-order valence-corrected chi connectivity index (χ3v) is 4.71. The van der Waals surface area contributed by atoms with E-state index in [4.69, 9.17) is 0 Å². The lowest BCUT2D eigenvalue weighted by molar-refractivity contribution is -0.204. The Kier molecular flexibility index (Phi) is 7.10. The van der Waals surface area contributed by atoms with Crippen molar-refractivity contribution in [1.29, 1.82) is 0 Å². The normalized spacial score (nSPS) is 15.0. The Morgan fingerprint density at radius 3 is 1.18 bits per heavy atom. The first-order valence-corrected chi connectivity index (χ1v) is 9.15. The Labute approximate surface area is 190 Å². The molecule has 0 bridgehead atoms. The number of aromatic hydroxyl groups is 4. The van der Waals surface area contributed by atoms with Gasteiger partial charge in [0.05, 0.1) is 0 Å². The second kappa shape index (κ2) is 9.44. The molecule has 0 aromatic heterocycles. The zero-order valence-electron chi connectivity index (χ0n) is 17.0. The number of carboxylic acids is 2. The van der Waals surface area contributed by atoms with Gasteiger partial charge in [-0.3, -0.25) is 9.59 Å². The predicted molar refractivity (Wildman–Crippen MR) is 113 cm³/mol. The summed E-state index contributed by atoms with van der Waals surface area (Å²) >= 11 is 0. The Morgan fingerprint density at radius 2 is 0.912 bits per heavy atom. The van der Waals surface area contributed by atoms with E-state index in [2.05, 4.69) is 0 Å². The fourth-order valence-corrected chi connectivity index (χ4v) is 2.75. The molecule has 0 aliphatic heterocycles. The molecule has 2 aromatic carbocycles. The maximum Gasteiger partial charge on any atom is 0.348 e. The molecule has 0 radical (unpaired) electrons. The second-order valence-electron chi connectivity index (χ2n) is 6.92. The number of aliphatic hydroxyl groups is 2. The smallest absolute Gasteiger partial charge is 0.348 e. The van der Waals surface area contributed by atoms with E-state index in [9.17, 15) is 60.0 Å². The van der Waals surface area contributed by atoms with Crippen LogP contribution in [0.2, 0.25) is 0 Å². The largest absolute Gasteiger partial charge is 0.504 e. The number of phenols is 4. The van der Waals surface area contributed by atoms with Crippen molar-refractivity contribution in [3.8, 4) is 23.0 Å². The van der Waals surface area contributed by atoms with Gasteiger partial charge in [0, 0.05) is 0 Å². The molecule has 34 heavy (non-hydrogen) atoms. The second-order valence-corrected chi connectivity index (χ2v) is 6.92. The highest BCUT2D eigenvalue weighted by atomic mass is 16.5. The molecule has 0 amide bonds. The summed E-state index contributed by atoms with van der Waals surface area (Å²) in [5.41, 5.74) is -8.36. The molecular weight excluding hydrogens is 456 g/mol. The van der Waals surface area contributed by atoms with Crippen LogP contribution in [0.1, 0.15) is 11.1 Å². The third kappa shape index (κ3) is 4.57. The van der Waals surface area contributed by atoms with E-state index >= 15 is 0 Å². The number of benzene rings is 2. The van der Waals surface area contributed by atoms with Crippen LogP contribution in [0.25, 0.3) is 12.2 Å². The van der Waals surface area contributed by atoms with Gasteiger partial charge in [-0.25, -0.2) is 9.59 Å². The van der Waals surface area contributed by atoms with Gasteiger partial charge in [0.2, 0.25) is 11.6 Å². The van der Waals surface area contributed by atoms with Crippen LogP contribution in [0, 0.1) is 0 Å². The maximum absolute atomic E-state index is 12.6. The maximum atomic E-state index is 12.6. The Bertz CT molecular complexity index is 1130. The van der Waals surface area contributed by atoms with E-state index in [1.807, 2.05) is 0 Å². The van der Waals surface area contributed by atoms with Crippen molar-refractivity contribution < 1.29 is 60.0 Å². The first-order valence-electron chi connectivity index (χ1n) is 9.15. The summed E-state index contributed by atoms with van der Waals surface area (Å²) in [6.07, 6.45) is 2.39. The summed E-state index contributed by atoms with van der Waals surface area (Å²) in [6.45, 7) is 0. The molecule has 0 saturated carbocycles.